The smallest absolute Gasteiger partial charge is 0.251 e. The molecule has 0 aliphatic carbocycles. The van der Waals surface area contributed by atoms with E-state index in [1.165, 1.54) is 0 Å². The number of anilines is 1. The van der Waals surface area contributed by atoms with Crippen LogP contribution in [0.25, 0.3) is 0 Å². The van der Waals surface area contributed by atoms with Crippen molar-refractivity contribution in [3.8, 4) is 0 Å². The van der Waals surface area contributed by atoms with Crippen LogP contribution < -0.4 is 4.90 Å². The Balaban J connectivity index is 1.57. The molecule has 222 valence electrons. The highest BCUT2D eigenvalue weighted by molar-refractivity contribution is 8.02. The van der Waals surface area contributed by atoms with E-state index in [0.717, 1.165) is 5.56 Å². The van der Waals surface area contributed by atoms with E-state index in [0.29, 0.717) is 36.6 Å². The Morgan fingerprint density at radius 1 is 1.10 bits per heavy atom. The molecule has 1 spiro atoms. The molecule has 3 heterocycles. The topological polar surface area (TPSA) is 81.2 Å². The lowest BCUT2D eigenvalue weighted by Gasteiger charge is -2.39. The zero-order chi connectivity index (χ0) is 30.2. The quantitative estimate of drug-likeness (QED) is 0.366. The molecule has 2 aromatic carbocycles. The molecule has 2 bridgehead atoms. The summed E-state index contributed by atoms with van der Waals surface area (Å²) < 4.78 is -1.31. The highest BCUT2D eigenvalue weighted by atomic mass is 35.5. The fourth-order valence-corrected chi connectivity index (χ4v) is 9.65. The van der Waals surface area contributed by atoms with Crippen LogP contribution >= 0.6 is 23.4 Å². The number of aliphatic hydroxyl groups is 1. The van der Waals surface area contributed by atoms with Gasteiger partial charge in [0.15, 0.2) is 0 Å². The molecule has 6 atom stereocenters. The van der Waals surface area contributed by atoms with Crippen molar-refractivity contribution in [3.63, 3.8) is 0 Å². The second-order valence-corrected chi connectivity index (χ2v) is 14.0. The standard InChI is InChI=1S/C33H38ClN3O4S/c1-5-18-35(20-23-10-8-7-9-11-23)29(39)26-27-30(40)37(22(3)21-38)28(33(27)17-16-32(26,4)42-33)31(41)36(19-6-2)25-14-12-24(34)13-15-25/h5-15,22,26-28,38H,1-2,16-21H2,3-4H3/t22-,26-,27+,28?,32+,33?/m1/s1. The number of benzene rings is 2. The predicted octanol–water partition coefficient (Wildman–Crippen LogP) is 4.94. The summed E-state index contributed by atoms with van der Waals surface area (Å²) in [7, 11) is 0. The number of carbonyl (C=O) groups is 3. The van der Waals surface area contributed by atoms with Crippen LogP contribution in [-0.2, 0) is 20.9 Å². The van der Waals surface area contributed by atoms with E-state index in [-0.39, 0.29) is 30.9 Å². The van der Waals surface area contributed by atoms with Crippen molar-refractivity contribution in [1.29, 1.82) is 0 Å². The van der Waals surface area contributed by atoms with Crippen LogP contribution in [0.5, 0.6) is 0 Å². The van der Waals surface area contributed by atoms with Gasteiger partial charge in [0, 0.05) is 35.1 Å². The molecule has 42 heavy (non-hydrogen) atoms. The third-order valence-electron chi connectivity index (χ3n) is 9.05. The third kappa shape index (κ3) is 4.97. The van der Waals surface area contributed by atoms with Crippen LogP contribution in [0.2, 0.25) is 5.02 Å². The molecule has 1 N–H and O–H groups in total. The van der Waals surface area contributed by atoms with Gasteiger partial charge in [0.1, 0.15) is 6.04 Å². The van der Waals surface area contributed by atoms with Gasteiger partial charge < -0.3 is 19.8 Å². The van der Waals surface area contributed by atoms with E-state index in [9.17, 15) is 19.5 Å². The molecule has 3 aliphatic heterocycles. The van der Waals surface area contributed by atoms with Gasteiger partial charge in [-0.2, -0.15) is 0 Å². The third-order valence-corrected chi connectivity index (χ3v) is 11.3. The molecule has 3 aliphatic rings. The minimum atomic E-state index is -0.848. The van der Waals surface area contributed by atoms with Gasteiger partial charge in [0.25, 0.3) is 5.91 Å². The summed E-state index contributed by atoms with van der Waals surface area (Å²) in [5.74, 6) is -1.88. The summed E-state index contributed by atoms with van der Waals surface area (Å²) in [6, 6.07) is 15.3. The maximum atomic E-state index is 14.6. The van der Waals surface area contributed by atoms with Crippen molar-refractivity contribution >= 4 is 46.8 Å². The van der Waals surface area contributed by atoms with Crippen molar-refractivity contribution in [2.45, 2.75) is 54.8 Å². The highest BCUT2D eigenvalue weighted by Crippen LogP contribution is 2.72. The average Bonchev–Trinajstić information content (AvgIpc) is 3.56. The van der Waals surface area contributed by atoms with Crippen molar-refractivity contribution < 1.29 is 19.5 Å². The molecule has 7 nitrogen and oxygen atoms in total. The van der Waals surface area contributed by atoms with Gasteiger partial charge in [0.2, 0.25) is 11.8 Å². The molecule has 0 aromatic heterocycles. The number of likely N-dealkylation sites (tertiary alicyclic amines) is 1. The van der Waals surface area contributed by atoms with Crippen molar-refractivity contribution in [3.05, 3.63) is 90.5 Å². The molecule has 2 aromatic rings. The summed E-state index contributed by atoms with van der Waals surface area (Å²) in [5.41, 5.74) is 1.64. The summed E-state index contributed by atoms with van der Waals surface area (Å²) in [6.07, 6.45) is 4.70. The monoisotopic (exact) mass is 607 g/mol. The highest BCUT2D eigenvalue weighted by Gasteiger charge is 2.77. The normalized spacial score (nSPS) is 28.3. The number of thioether (sulfide) groups is 1. The first-order chi connectivity index (χ1) is 20.1. The number of nitrogens with zero attached hydrogens (tertiary/aromatic N) is 3. The molecular formula is C33H38ClN3O4S. The Hall–Kier alpha value is -3.07. The van der Waals surface area contributed by atoms with Gasteiger partial charge in [-0.15, -0.1) is 24.9 Å². The number of hydrogen-bond donors (Lipinski definition) is 1. The molecule has 3 saturated heterocycles. The van der Waals surface area contributed by atoms with Crippen LogP contribution in [0.15, 0.2) is 79.9 Å². The van der Waals surface area contributed by atoms with Gasteiger partial charge in [-0.3, -0.25) is 14.4 Å². The van der Waals surface area contributed by atoms with Gasteiger partial charge in [-0.05, 0) is 56.5 Å². The summed E-state index contributed by atoms with van der Waals surface area (Å²) in [5, 5.41) is 10.8. The summed E-state index contributed by atoms with van der Waals surface area (Å²) in [4.78, 5) is 48.5. The lowest BCUT2D eigenvalue weighted by molar-refractivity contribution is -0.146. The van der Waals surface area contributed by atoms with E-state index in [1.54, 1.807) is 69.8 Å². The molecule has 3 fully saturated rings. The van der Waals surface area contributed by atoms with Gasteiger partial charge in [-0.1, -0.05) is 54.1 Å². The predicted molar refractivity (Wildman–Crippen MR) is 168 cm³/mol. The van der Waals surface area contributed by atoms with Crippen molar-refractivity contribution in [1.82, 2.24) is 9.80 Å². The number of halogens is 1. The van der Waals surface area contributed by atoms with E-state index in [1.807, 2.05) is 30.3 Å². The maximum absolute atomic E-state index is 14.6. The van der Waals surface area contributed by atoms with Crippen molar-refractivity contribution in [2.75, 3.05) is 24.6 Å². The lowest BCUT2D eigenvalue weighted by Crippen LogP contribution is -2.57. The first-order valence-electron chi connectivity index (χ1n) is 14.4. The first kappa shape index (κ1) is 30.4. The Labute approximate surface area is 257 Å². The zero-order valence-electron chi connectivity index (χ0n) is 24.1. The Bertz CT molecular complexity index is 1370. The fourth-order valence-electron chi connectivity index (χ4n) is 7.19. The molecule has 2 unspecified atom stereocenters. The van der Waals surface area contributed by atoms with Gasteiger partial charge >= 0.3 is 0 Å². The second kappa shape index (κ2) is 11.9. The largest absolute Gasteiger partial charge is 0.394 e. The number of hydrogen-bond acceptors (Lipinski definition) is 5. The van der Waals surface area contributed by atoms with Crippen LogP contribution in [0.4, 0.5) is 5.69 Å². The van der Waals surface area contributed by atoms with Crippen LogP contribution in [-0.4, -0.2) is 73.9 Å². The van der Waals surface area contributed by atoms with E-state index < -0.39 is 33.4 Å². The van der Waals surface area contributed by atoms with E-state index >= 15 is 0 Å². The number of rotatable bonds is 11. The molecule has 3 amide bonds. The van der Waals surface area contributed by atoms with E-state index in [2.05, 4.69) is 20.1 Å². The number of carbonyl (C=O) groups excluding carboxylic acids is 3. The van der Waals surface area contributed by atoms with Crippen LogP contribution in [0.3, 0.4) is 0 Å². The lowest BCUT2D eigenvalue weighted by atomic mass is 9.66. The maximum Gasteiger partial charge on any atom is 0.251 e. The average molecular weight is 608 g/mol. The minimum absolute atomic E-state index is 0.0981. The molecule has 0 radical (unpaired) electrons. The van der Waals surface area contributed by atoms with Crippen LogP contribution in [0, 0.1) is 11.8 Å². The zero-order valence-corrected chi connectivity index (χ0v) is 25.7. The van der Waals surface area contributed by atoms with Gasteiger partial charge in [-0.25, -0.2) is 0 Å². The molecule has 0 saturated carbocycles. The number of fused-ring (bicyclic) bond motifs is 1. The number of amides is 3. The summed E-state index contributed by atoms with van der Waals surface area (Å²) >= 11 is 7.76. The van der Waals surface area contributed by atoms with Gasteiger partial charge in [0.05, 0.1) is 29.2 Å². The Morgan fingerprint density at radius 3 is 2.38 bits per heavy atom. The molecule has 5 rings (SSSR count). The fraction of sp³-hybridized carbons (Fsp3) is 0.424. The molecular weight excluding hydrogens is 570 g/mol. The summed E-state index contributed by atoms with van der Waals surface area (Å²) in [6.45, 7) is 12.3. The van der Waals surface area contributed by atoms with Crippen molar-refractivity contribution in [2.24, 2.45) is 11.8 Å². The Morgan fingerprint density at radius 2 is 1.76 bits per heavy atom. The van der Waals surface area contributed by atoms with Crippen LogP contribution in [0.1, 0.15) is 32.3 Å². The minimum Gasteiger partial charge on any atom is -0.394 e. The Kier molecular flexibility index (Phi) is 8.61. The first-order valence-corrected chi connectivity index (χ1v) is 15.6. The van der Waals surface area contributed by atoms with E-state index in [4.69, 9.17) is 11.6 Å². The number of aliphatic hydroxyl groups excluding tert-OH is 1. The molecule has 9 heteroatoms. The second-order valence-electron chi connectivity index (χ2n) is 11.7. The SMILES string of the molecule is C=CCN(Cc1ccccc1)C(=O)[C@H]1[C@H]2C(=O)N([C@H](C)CO)C(C(=O)N(CC=C)c3ccc(Cl)cc3)C23CC[C@]1(C)S3.